The molecule has 11 heteroatoms. The molecular formula is C21H24F3N3O4S. The second-order valence-corrected chi connectivity index (χ2v) is 9.62. The number of carbonyl (C=O) groups is 1. The van der Waals surface area contributed by atoms with Gasteiger partial charge in [-0.3, -0.25) is 4.79 Å². The van der Waals surface area contributed by atoms with Crippen LogP contribution in [0.4, 0.5) is 19.0 Å². The number of hydrogen-bond donors (Lipinski definition) is 1. The van der Waals surface area contributed by atoms with Gasteiger partial charge < -0.3 is 15.0 Å². The maximum atomic E-state index is 14.7. The van der Waals surface area contributed by atoms with E-state index in [-0.39, 0.29) is 35.2 Å². The molecule has 0 unspecified atom stereocenters. The smallest absolute Gasteiger partial charge is 0.345 e. The molecule has 0 spiro atoms. The second kappa shape index (κ2) is 10.3. The number of ether oxygens (including phenoxy) is 1. The van der Waals surface area contributed by atoms with Crippen LogP contribution in [0.3, 0.4) is 0 Å². The Bertz CT molecular complexity index is 1050. The first-order chi connectivity index (χ1) is 15.2. The summed E-state index contributed by atoms with van der Waals surface area (Å²) in [5, 5.41) is 2.63. The standard InChI is InChI=1S/C21H24F3N3O4S/c1-2-32(29,30)17-7-5-14(6-8-17)11-26-20(28)15-10-18(22)19(25-12-15)27-9-3-4-16(27)13-31-21(23)24/h5-8,10,12,16,21H,2-4,9,11,13H2,1H3,(H,26,28)/t16-/m0/s1. The lowest BCUT2D eigenvalue weighted by molar-refractivity contribution is -0.131. The number of rotatable bonds is 9. The molecule has 1 saturated heterocycles. The van der Waals surface area contributed by atoms with Gasteiger partial charge >= 0.3 is 6.61 Å². The lowest BCUT2D eigenvalue weighted by Crippen LogP contribution is -2.35. The number of anilines is 1. The number of pyridine rings is 1. The van der Waals surface area contributed by atoms with Crippen molar-refractivity contribution >= 4 is 21.6 Å². The fourth-order valence-corrected chi connectivity index (χ4v) is 4.39. The van der Waals surface area contributed by atoms with Gasteiger partial charge in [0.05, 0.1) is 28.9 Å². The molecule has 0 radical (unpaired) electrons. The molecule has 1 N–H and O–H groups in total. The van der Waals surface area contributed by atoms with Crippen molar-refractivity contribution in [2.45, 2.75) is 43.9 Å². The van der Waals surface area contributed by atoms with Crippen LogP contribution in [0.15, 0.2) is 41.4 Å². The highest BCUT2D eigenvalue weighted by molar-refractivity contribution is 7.91. The Morgan fingerprint density at radius 3 is 2.66 bits per heavy atom. The van der Waals surface area contributed by atoms with Gasteiger partial charge in [0.1, 0.15) is 0 Å². The van der Waals surface area contributed by atoms with E-state index in [9.17, 15) is 26.4 Å². The molecule has 7 nitrogen and oxygen atoms in total. The number of alkyl halides is 2. The third-order valence-corrected chi connectivity index (χ3v) is 7.01. The minimum atomic E-state index is -3.30. The SMILES string of the molecule is CCS(=O)(=O)c1ccc(CNC(=O)c2cnc(N3CCC[C@H]3COC(F)F)c(F)c2)cc1. The molecule has 1 amide bonds. The topological polar surface area (TPSA) is 88.6 Å². The highest BCUT2D eigenvalue weighted by atomic mass is 32.2. The summed E-state index contributed by atoms with van der Waals surface area (Å²) in [5.41, 5.74) is 0.688. The Morgan fingerprint density at radius 2 is 2.03 bits per heavy atom. The molecule has 1 aromatic carbocycles. The van der Waals surface area contributed by atoms with Gasteiger partial charge in [-0.25, -0.2) is 17.8 Å². The monoisotopic (exact) mass is 471 g/mol. The maximum Gasteiger partial charge on any atom is 0.345 e. The number of benzene rings is 1. The Labute approximate surface area is 184 Å². The Balaban J connectivity index is 1.62. The molecule has 2 aromatic rings. The second-order valence-electron chi connectivity index (χ2n) is 7.34. The van der Waals surface area contributed by atoms with E-state index in [2.05, 4.69) is 15.0 Å². The predicted octanol–water partition coefficient (Wildman–Crippen LogP) is 3.15. The number of nitrogens with one attached hydrogen (secondary N) is 1. The van der Waals surface area contributed by atoms with Crippen LogP contribution in [0.25, 0.3) is 0 Å². The molecule has 1 aromatic heterocycles. The quantitative estimate of drug-likeness (QED) is 0.605. The van der Waals surface area contributed by atoms with Crippen molar-refractivity contribution in [2.75, 3.05) is 23.8 Å². The van der Waals surface area contributed by atoms with Gasteiger partial charge in [-0.1, -0.05) is 19.1 Å². The van der Waals surface area contributed by atoms with Gasteiger partial charge in [-0.15, -0.1) is 0 Å². The van der Waals surface area contributed by atoms with E-state index in [4.69, 9.17) is 0 Å². The molecule has 0 aliphatic carbocycles. The van der Waals surface area contributed by atoms with Crippen LogP contribution in [0.1, 0.15) is 35.7 Å². The predicted molar refractivity (Wildman–Crippen MR) is 112 cm³/mol. The third kappa shape index (κ3) is 5.77. The van der Waals surface area contributed by atoms with Crippen LogP contribution in [0.2, 0.25) is 0 Å². The van der Waals surface area contributed by atoms with Gasteiger partial charge in [0, 0.05) is 19.3 Å². The summed E-state index contributed by atoms with van der Waals surface area (Å²) in [6.45, 7) is -0.999. The van der Waals surface area contributed by atoms with Crippen LogP contribution in [0, 0.1) is 5.82 Å². The van der Waals surface area contributed by atoms with Gasteiger partial charge in [0.25, 0.3) is 5.91 Å². The highest BCUT2D eigenvalue weighted by Gasteiger charge is 2.29. The molecule has 32 heavy (non-hydrogen) atoms. The zero-order valence-corrected chi connectivity index (χ0v) is 18.2. The molecule has 1 aliphatic rings. The summed E-state index contributed by atoms with van der Waals surface area (Å²) in [7, 11) is -3.30. The van der Waals surface area contributed by atoms with Crippen molar-refractivity contribution in [1.82, 2.24) is 10.3 Å². The Hall–Kier alpha value is -2.66. The summed E-state index contributed by atoms with van der Waals surface area (Å²) in [5.74, 6) is -1.28. The Morgan fingerprint density at radius 1 is 1.31 bits per heavy atom. The van der Waals surface area contributed by atoms with E-state index in [1.807, 2.05) is 0 Å². The van der Waals surface area contributed by atoms with Crippen molar-refractivity contribution in [3.63, 3.8) is 0 Å². The van der Waals surface area contributed by atoms with Crippen molar-refractivity contribution in [3.05, 3.63) is 53.5 Å². The summed E-state index contributed by atoms with van der Waals surface area (Å²) in [6, 6.07) is 6.78. The van der Waals surface area contributed by atoms with E-state index in [1.54, 1.807) is 24.0 Å². The fraction of sp³-hybridized carbons (Fsp3) is 0.429. The average molecular weight is 472 g/mol. The van der Waals surface area contributed by atoms with E-state index >= 15 is 0 Å². The number of sulfone groups is 1. The first-order valence-electron chi connectivity index (χ1n) is 10.1. The number of halogens is 3. The van der Waals surface area contributed by atoms with Crippen molar-refractivity contribution < 1.29 is 31.1 Å². The molecule has 1 aliphatic heterocycles. The number of carbonyl (C=O) groups excluding carboxylic acids is 1. The molecule has 1 fully saturated rings. The molecule has 174 valence electrons. The average Bonchev–Trinajstić information content (AvgIpc) is 3.24. The van der Waals surface area contributed by atoms with E-state index in [0.717, 1.165) is 6.07 Å². The van der Waals surface area contributed by atoms with Crippen LogP contribution in [0.5, 0.6) is 0 Å². The van der Waals surface area contributed by atoms with Crippen LogP contribution in [-0.4, -0.2) is 50.9 Å². The van der Waals surface area contributed by atoms with Crippen molar-refractivity contribution in [2.24, 2.45) is 0 Å². The number of hydrogen-bond acceptors (Lipinski definition) is 6. The third-order valence-electron chi connectivity index (χ3n) is 5.26. The lowest BCUT2D eigenvalue weighted by atomic mass is 10.2. The largest absolute Gasteiger partial charge is 0.349 e. The summed E-state index contributed by atoms with van der Waals surface area (Å²) >= 11 is 0. The van der Waals surface area contributed by atoms with Crippen LogP contribution in [-0.2, 0) is 21.1 Å². The van der Waals surface area contributed by atoms with Gasteiger partial charge in [0.2, 0.25) is 0 Å². The highest BCUT2D eigenvalue weighted by Crippen LogP contribution is 2.27. The fourth-order valence-electron chi connectivity index (χ4n) is 3.50. The van der Waals surface area contributed by atoms with E-state index in [1.165, 1.54) is 18.3 Å². The zero-order valence-electron chi connectivity index (χ0n) is 17.4. The van der Waals surface area contributed by atoms with Gasteiger partial charge in [-0.05, 0) is 36.6 Å². The normalized spacial score (nSPS) is 16.5. The molecule has 3 rings (SSSR count). The van der Waals surface area contributed by atoms with Crippen molar-refractivity contribution in [3.8, 4) is 0 Å². The zero-order chi connectivity index (χ0) is 23.3. The van der Waals surface area contributed by atoms with E-state index in [0.29, 0.717) is 24.9 Å². The number of aromatic nitrogens is 1. The van der Waals surface area contributed by atoms with Crippen molar-refractivity contribution in [1.29, 1.82) is 0 Å². The minimum absolute atomic E-state index is 0.00490. The summed E-state index contributed by atoms with van der Waals surface area (Å²) in [6.07, 6.45) is 2.50. The minimum Gasteiger partial charge on any atom is -0.349 e. The molecule has 0 bridgehead atoms. The summed E-state index contributed by atoms with van der Waals surface area (Å²) < 4.78 is 67.4. The molecule has 0 saturated carbocycles. The Kier molecular flexibility index (Phi) is 7.73. The molecular weight excluding hydrogens is 447 g/mol. The lowest BCUT2D eigenvalue weighted by Gasteiger charge is -2.25. The van der Waals surface area contributed by atoms with Crippen LogP contribution < -0.4 is 10.2 Å². The van der Waals surface area contributed by atoms with Crippen LogP contribution >= 0.6 is 0 Å². The number of amides is 1. The summed E-state index contributed by atoms with van der Waals surface area (Å²) in [4.78, 5) is 18.2. The van der Waals surface area contributed by atoms with Gasteiger partial charge in [0.15, 0.2) is 21.5 Å². The van der Waals surface area contributed by atoms with E-state index < -0.39 is 34.2 Å². The molecule has 2 heterocycles. The molecule has 1 atom stereocenters. The van der Waals surface area contributed by atoms with Gasteiger partial charge in [-0.2, -0.15) is 8.78 Å². The number of nitrogens with zero attached hydrogens (tertiary/aromatic N) is 2. The first kappa shape index (κ1) is 24.0. The maximum absolute atomic E-state index is 14.7. The first-order valence-corrected chi connectivity index (χ1v) is 11.8.